The molecular formula is C18H23F3N4OS. The Bertz CT molecular complexity index is 684. The number of rotatable bonds is 5. The highest BCUT2D eigenvalue weighted by Crippen LogP contribution is 2.29. The van der Waals surface area contributed by atoms with Crippen molar-refractivity contribution in [2.24, 2.45) is 5.92 Å². The van der Waals surface area contributed by atoms with Crippen LogP contribution in [-0.2, 0) is 0 Å². The summed E-state index contributed by atoms with van der Waals surface area (Å²) in [6.45, 7) is 3.83. The second kappa shape index (κ2) is 9.33. The SMILES string of the molecule is CC(C#N)CSc1ccccc1NC(=O)N1CCN(C(C)C(F)(F)F)CC1. The number of carbonyl (C=O) groups excluding carboxylic acids is 1. The van der Waals surface area contributed by atoms with Crippen LogP contribution in [0.15, 0.2) is 29.2 Å². The van der Waals surface area contributed by atoms with Crippen molar-refractivity contribution >= 4 is 23.5 Å². The summed E-state index contributed by atoms with van der Waals surface area (Å²) in [5.41, 5.74) is 0.642. The Balaban J connectivity index is 1.92. The Morgan fingerprint density at radius 3 is 2.48 bits per heavy atom. The fourth-order valence-electron chi connectivity index (χ4n) is 2.66. The number of halogens is 3. The first-order chi connectivity index (χ1) is 12.7. The van der Waals surface area contributed by atoms with E-state index in [4.69, 9.17) is 5.26 Å². The van der Waals surface area contributed by atoms with Crippen molar-refractivity contribution in [2.75, 3.05) is 37.2 Å². The van der Waals surface area contributed by atoms with Crippen LogP contribution >= 0.6 is 11.8 Å². The molecule has 1 N–H and O–H groups in total. The van der Waals surface area contributed by atoms with Gasteiger partial charge in [0.2, 0.25) is 0 Å². The number of nitrogens with zero attached hydrogens (tertiary/aromatic N) is 3. The Labute approximate surface area is 161 Å². The van der Waals surface area contributed by atoms with Gasteiger partial charge in [-0.1, -0.05) is 12.1 Å². The number of thioether (sulfide) groups is 1. The minimum Gasteiger partial charge on any atom is -0.322 e. The molecule has 2 unspecified atom stereocenters. The lowest BCUT2D eigenvalue weighted by atomic mass is 10.2. The van der Waals surface area contributed by atoms with Gasteiger partial charge in [0.1, 0.15) is 6.04 Å². The molecule has 1 heterocycles. The first-order valence-corrected chi connectivity index (χ1v) is 9.69. The molecular weight excluding hydrogens is 377 g/mol. The van der Waals surface area contributed by atoms with Gasteiger partial charge in [-0.2, -0.15) is 18.4 Å². The fourth-order valence-corrected chi connectivity index (χ4v) is 3.61. The van der Waals surface area contributed by atoms with Crippen molar-refractivity contribution in [2.45, 2.75) is 31.0 Å². The molecule has 27 heavy (non-hydrogen) atoms. The van der Waals surface area contributed by atoms with Crippen LogP contribution in [0.2, 0.25) is 0 Å². The van der Waals surface area contributed by atoms with Gasteiger partial charge in [0, 0.05) is 36.8 Å². The molecule has 1 aromatic rings. The van der Waals surface area contributed by atoms with Crippen molar-refractivity contribution in [3.05, 3.63) is 24.3 Å². The van der Waals surface area contributed by atoms with E-state index in [0.717, 1.165) is 11.8 Å². The predicted molar refractivity (Wildman–Crippen MR) is 99.6 cm³/mol. The van der Waals surface area contributed by atoms with Crippen LogP contribution in [0.25, 0.3) is 0 Å². The van der Waals surface area contributed by atoms with Crippen LogP contribution in [0.5, 0.6) is 0 Å². The predicted octanol–water partition coefficient (Wildman–Crippen LogP) is 4.04. The van der Waals surface area contributed by atoms with E-state index >= 15 is 0 Å². The van der Waals surface area contributed by atoms with E-state index in [2.05, 4.69) is 11.4 Å². The van der Waals surface area contributed by atoms with E-state index in [1.807, 2.05) is 19.1 Å². The summed E-state index contributed by atoms with van der Waals surface area (Å²) >= 11 is 1.49. The number of anilines is 1. The number of hydrogen-bond acceptors (Lipinski definition) is 4. The van der Waals surface area contributed by atoms with Gasteiger partial charge in [0.25, 0.3) is 0 Å². The molecule has 2 rings (SSSR count). The second-order valence-electron chi connectivity index (χ2n) is 6.51. The third kappa shape index (κ3) is 6.04. The number of para-hydroxylation sites is 1. The van der Waals surface area contributed by atoms with Crippen LogP contribution in [-0.4, -0.2) is 60.0 Å². The van der Waals surface area contributed by atoms with E-state index in [0.29, 0.717) is 11.4 Å². The van der Waals surface area contributed by atoms with Gasteiger partial charge in [0.15, 0.2) is 0 Å². The maximum Gasteiger partial charge on any atom is 0.403 e. The molecule has 0 radical (unpaired) electrons. The number of urea groups is 1. The lowest BCUT2D eigenvalue weighted by Gasteiger charge is -2.38. The Morgan fingerprint density at radius 1 is 1.26 bits per heavy atom. The summed E-state index contributed by atoms with van der Waals surface area (Å²) in [6, 6.07) is 7.64. The average molecular weight is 400 g/mol. The zero-order valence-corrected chi connectivity index (χ0v) is 16.1. The number of nitriles is 1. The zero-order valence-electron chi connectivity index (χ0n) is 15.3. The maximum atomic E-state index is 12.8. The van der Waals surface area contributed by atoms with Crippen LogP contribution in [0, 0.1) is 17.2 Å². The second-order valence-corrected chi connectivity index (χ2v) is 7.57. The monoisotopic (exact) mass is 400 g/mol. The molecule has 1 aliphatic rings. The zero-order chi connectivity index (χ0) is 20.0. The highest BCUT2D eigenvalue weighted by atomic mass is 32.2. The third-order valence-corrected chi connectivity index (χ3v) is 5.79. The van der Waals surface area contributed by atoms with Gasteiger partial charge in [-0.3, -0.25) is 4.90 Å². The minimum atomic E-state index is -4.26. The van der Waals surface area contributed by atoms with Gasteiger partial charge in [-0.05, 0) is 26.0 Å². The number of amides is 2. The number of alkyl halides is 3. The Kier molecular flexibility index (Phi) is 7.39. The van der Waals surface area contributed by atoms with Gasteiger partial charge in [0.05, 0.1) is 17.7 Å². The Hall–Kier alpha value is -1.92. The molecule has 9 heteroatoms. The Morgan fingerprint density at radius 2 is 1.89 bits per heavy atom. The summed E-state index contributed by atoms with van der Waals surface area (Å²) in [7, 11) is 0. The summed E-state index contributed by atoms with van der Waals surface area (Å²) in [5.74, 6) is 0.500. The molecule has 1 fully saturated rings. The van der Waals surface area contributed by atoms with Crippen LogP contribution in [0.3, 0.4) is 0 Å². The lowest BCUT2D eigenvalue weighted by Crippen LogP contribution is -2.55. The van der Waals surface area contributed by atoms with Crippen molar-refractivity contribution in [1.29, 1.82) is 5.26 Å². The quantitative estimate of drug-likeness (QED) is 0.758. The van der Waals surface area contributed by atoms with E-state index in [-0.39, 0.29) is 38.1 Å². The van der Waals surface area contributed by atoms with Crippen molar-refractivity contribution in [3.63, 3.8) is 0 Å². The van der Waals surface area contributed by atoms with E-state index < -0.39 is 12.2 Å². The molecule has 0 saturated carbocycles. The van der Waals surface area contributed by atoms with Gasteiger partial charge in [-0.25, -0.2) is 4.79 Å². The molecule has 1 aliphatic heterocycles. The molecule has 0 spiro atoms. The van der Waals surface area contributed by atoms with Crippen molar-refractivity contribution in [3.8, 4) is 6.07 Å². The molecule has 0 aromatic heterocycles. The summed E-state index contributed by atoms with van der Waals surface area (Å²) in [6.07, 6.45) is -4.26. The first-order valence-electron chi connectivity index (χ1n) is 8.70. The van der Waals surface area contributed by atoms with Crippen LogP contribution in [0.1, 0.15) is 13.8 Å². The molecule has 2 amide bonds. The summed E-state index contributed by atoms with van der Waals surface area (Å²) in [4.78, 5) is 16.2. The summed E-state index contributed by atoms with van der Waals surface area (Å²) < 4.78 is 38.5. The van der Waals surface area contributed by atoms with Crippen LogP contribution < -0.4 is 5.32 Å². The smallest absolute Gasteiger partial charge is 0.322 e. The van der Waals surface area contributed by atoms with Gasteiger partial charge >= 0.3 is 12.2 Å². The fraction of sp³-hybridized carbons (Fsp3) is 0.556. The maximum absolute atomic E-state index is 12.8. The molecule has 0 bridgehead atoms. The molecule has 1 aromatic carbocycles. The molecule has 2 atom stereocenters. The number of piperazine rings is 1. The highest BCUT2D eigenvalue weighted by molar-refractivity contribution is 7.99. The lowest BCUT2D eigenvalue weighted by molar-refractivity contribution is -0.181. The van der Waals surface area contributed by atoms with E-state index in [1.165, 1.54) is 21.6 Å². The van der Waals surface area contributed by atoms with Crippen LogP contribution in [0.4, 0.5) is 23.7 Å². The topological polar surface area (TPSA) is 59.4 Å². The largest absolute Gasteiger partial charge is 0.403 e. The third-order valence-electron chi connectivity index (χ3n) is 4.46. The number of nitrogens with one attached hydrogen (secondary N) is 1. The number of hydrogen-bond donors (Lipinski definition) is 1. The highest BCUT2D eigenvalue weighted by Gasteiger charge is 2.41. The van der Waals surface area contributed by atoms with Crippen molar-refractivity contribution in [1.82, 2.24) is 9.80 Å². The van der Waals surface area contributed by atoms with Gasteiger partial charge < -0.3 is 10.2 Å². The molecule has 148 valence electrons. The molecule has 0 aliphatic carbocycles. The number of carbonyl (C=O) groups is 1. The standard InChI is InChI=1S/C18H23F3N4OS/c1-13(11-22)12-27-16-6-4-3-5-15(16)23-17(26)25-9-7-24(8-10-25)14(2)18(19,20)21/h3-6,13-14H,7-10,12H2,1-2H3,(H,23,26). The van der Waals surface area contributed by atoms with Gasteiger partial charge in [-0.15, -0.1) is 11.8 Å². The van der Waals surface area contributed by atoms with E-state index in [9.17, 15) is 18.0 Å². The number of benzene rings is 1. The van der Waals surface area contributed by atoms with Crippen molar-refractivity contribution < 1.29 is 18.0 Å². The summed E-state index contributed by atoms with van der Waals surface area (Å²) in [5, 5.41) is 11.7. The van der Waals surface area contributed by atoms with E-state index in [1.54, 1.807) is 12.1 Å². The molecule has 5 nitrogen and oxygen atoms in total. The average Bonchev–Trinajstić information content (AvgIpc) is 2.65. The minimum absolute atomic E-state index is 0.109. The normalized spacial score (nSPS) is 17.9. The first kappa shape index (κ1) is 21.4. The molecule has 1 saturated heterocycles.